The lowest BCUT2D eigenvalue weighted by atomic mass is 10.3. The van der Waals surface area contributed by atoms with Crippen molar-refractivity contribution in [2.45, 2.75) is 33.2 Å². The fourth-order valence-corrected chi connectivity index (χ4v) is 1.43. The minimum atomic E-state index is -0.194. The smallest absolute Gasteiger partial charge is 0.347 e. The van der Waals surface area contributed by atoms with Gasteiger partial charge in [0.2, 0.25) is 0 Å². The van der Waals surface area contributed by atoms with Crippen LogP contribution in [-0.2, 0) is 6.54 Å². The molecule has 14 heavy (non-hydrogen) atoms. The number of unbranched alkanes of at least 4 members (excludes halogenated alkanes) is 1. The maximum atomic E-state index is 11.4. The van der Waals surface area contributed by atoms with Gasteiger partial charge >= 0.3 is 5.69 Å². The number of hydrogen-bond acceptors (Lipinski definition) is 3. The van der Waals surface area contributed by atoms with Crippen molar-refractivity contribution in [2.24, 2.45) is 0 Å². The first-order valence-electron chi connectivity index (χ1n) is 4.81. The van der Waals surface area contributed by atoms with Gasteiger partial charge in [-0.1, -0.05) is 0 Å². The maximum Gasteiger partial charge on any atom is 0.347 e. The van der Waals surface area contributed by atoms with Crippen molar-refractivity contribution >= 4 is 0 Å². The predicted molar refractivity (Wildman–Crippen MR) is 54.3 cm³/mol. The molecule has 0 amide bonds. The molecule has 1 aromatic rings. The maximum absolute atomic E-state index is 11.4. The van der Waals surface area contributed by atoms with Gasteiger partial charge in [0.15, 0.2) is 0 Å². The Balaban J connectivity index is 2.81. The van der Waals surface area contributed by atoms with E-state index in [-0.39, 0.29) is 12.3 Å². The molecule has 0 saturated heterocycles. The zero-order valence-electron chi connectivity index (χ0n) is 8.66. The summed E-state index contributed by atoms with van der Waals surface area (Å²) in [6.45, 7) is 4.52. The summed E-state index contributed by atoms with van der Waals surface area (Å²) in [5, 5.41) is 8.62. The van der Waals surface area contributed by atoms with Gasteiger partial charge in [-0.15, -0.1) is 0 Å². The second kappa shape index (κ2) is 4.91. The minimum absolute atomic E-state index is 0.174. The first-order chi connectivity index (χ1) is 6.65. The molecule has 0 unspecified atom stereocenters. The average molecular weight is 196 g/mol. The van der Waals surface area contributed by atoms with E-state index in [1.54, 1.807) is 4.57 Å². The van der Waals surface area contributed by atoms with E-state index in [2.05, 4.69) is 4.98 Å². The molecule has 0 spiro atoms. The summed E-state index contributed by atoms with van der Waals surface area (Å²) >= 11 is 0. The summed E-state index contributed by atoms with van der Waals surface area (Å²) < 4.78 is 1.64. The molecule has 0 aliphatic rings. The molecule has 0 aliphatic heterocycles. The first-order valence-corrected chi connectivity index (χ1v) is 4.81. The number of aromatic nitrogens is 2. The molecular weight excluding hydrogens is 180 g/mol. The zero-order valence-corrected chi connectivity index (χ0v) is 8.66. The van der Waals surface area contributed by atoms with E-state index in [0.29, 0.717) is 6.54 Å². The number of rotatable bonds is 4. The lowest BCUT2D eigenvalue weighted by Gasteiger charge is -2.08. The lowest BCUT2D eigenvalue weighted by Crippen LogP contribution is -2.25. The highest BCUT2D eigenvalue weighted by Gasteiger charge is 2.01. The van der Waals surface area contributed by atoms with Crippen LogP contribution in [0.4, 0.5) is 0 Å². The van der Waals surface area contributed by atoms with Crippen LogP contribution in [0.1, 0.15) is 24.2 Å². The molecule has 0 bridgehead atoms. The highest BCUT2D eigenvalue weighted by Crippen LogP contribution is 1.99. The third kappa shape index (κ3) is 2.67. The Kier molecular flexibility index (Phi) is 3.83. The molecule has 1 aromatic heterocycles. The van der Waals surface area contributed by atoms with Crippen molar-refractivity contribution in [1.82, 2.24) is 9.55 Å². The molecule has 0 aromatic carbocycles. The van der Waals surface area contributed by atoms with Gasteiger partial charge in [0.25, 0.3) is 0 Å². The molecule has 0 fully saturated rings. The number of aliphatic hydroxyl groups excluding tert-OH is 1. The summed E-state index contributed by atoms with van der Waals surface area (Å²) in [5.41, 5.74) is 1.49. The molecule has 4 heteroatoms. The summed E-state index contributed by atoms with van der Waals surface area (Å²) in [6.07, 6.45) is 1.53. The van der Waals surface area contributed by atoms with Crippen LogP contribution >= 0.6 is 0 Å². The van der Waals surface area contributed by atoms with E-state index in [4.69, 9.17) is 5.11 Å². The van der Waals surface area contributed by atoms with Crippen LogP contribution in [0.5, 0.6) is 0 Å². The molecule has 0 saturated carbocycles. The Labute approximate surface area is 83.2 Å². The Morgan fingerprint density at radius 3 is 2.71 bits per heavy atom. The van der Waals surface area contributed by atoms with Crippen molar-refractivity contribution < 1.29 is 5.11 Å². The van der Waals surface area contributed by atoms with Crippen molar-refractivity contribution in [3.05, 3.63) is 27.9 Å². The van der Waals surface area contributed by atoms with Gasteiger partial charge in [-0.25, -0.2) is 4.79 Å². The Morgan fingerprint density at radius 1 is 1.43 bits per heavy atom. The van der Waals surface area contributed by atoms with Gasteiger partial charge in [0.1, 0.15) is 0 Å². The number of aryl methyl sites for hydroxylation is 2. The van der Waals surface area contributed by atoms with Crippen molar-refractivity contribution in [3.63, 3.8) is 0 Å². The van der Waals surface area contributed by atoms with Crippen LogP contribution in [0.15, 0.2) is 10.9 Å². The van der Waals surface area contributed by atoms with Crippen LogP contribution in [0.2, 0.25) is 0 Å². The molecule has 4 nitrogen and oxygen atoms in total. The van der Waals surface area contributed by atoms with Crippen LogP contribution in [0, 0.1) is 13.8 Å². The molecule has 1 heterocycles. The van der Waals surface area contributed by atoms with E-state index in [9.17, 15) is 4.79 Å². The van der Waals surface area contributed by atoms with Crippen LogP contribution in [-0.4, -0.2) is 21.3 Å². The Bertz CT molecular complexity index is 358. The molecule has 0 atom stereocenters. The standard InChI is InChI=1S/C10H16N2O2/c1-8-7-9(2)12(10(14)11-8)5-3-4-6-13/h7,13H,3-6H2,1-2H3. The Hall–Kier alpha value is -1.16. The van der Waals surface area contributed by atoms with E-state index in [1.165, 1.54) is 0 Å². The number of hydrogen-bond donors (Lipinski definition) is 1. The van der Waals surface area contributed by atoms with Gasteiger partial charge in [-0.3, -0.25) is 4.57 Å². The SMILES string of the molecule is Cc1cc(C)n(CCCCO)c(=O)n1. The summed E-state index contributed by atoms with van der Waals surface area (Å²) in [7, 11) is 0. The zero-order chi connectivity index (χ0) is 10.6. The normalized spacial score (nSPS) is 10.5. The third-order valence-corrected chi connectivity index (χ3v) is 2.14. The van der Waals surface area contributed by atoms with Crippen molar-refractivity contribution in [1.29, 1.82) is 0 Å². The fraction of sp³-hybridized carbons (Fsp3) is 0.600. The fourth-order valence-electron chi connectivity index (χ4n) is 1.43. The largest absolute Gasteiger partial charge is 0.396 e. The van der Waals surface area contributed by atoms with E-state index < -0.39 is 0 Å². The van der Waals surface area contributed by atoms with E-state index in [1.807, 2.05) is 19.9 Å². The molecular formula is C10H16N2O2. The second-order valence-corrected chi connectivity index (χ2v) is 3.40. The van der Waals surface area contributed by atoms with Crippen molar-refractivity contribution in [2.75, 3.05) is 6.61 Å². The van der Waals surface area contributed by atoms with E-state index >= 15 is 0 Å². The van der Waals surface area contributed by atoms with Crippen LogP contribution in [0.25, 0.3) is 0 Å². The van der Waals surface area contributed by atoms with Gasteiger partial charge in [0, 0.05) is 24.5 Å². The van der Waals surface area contributed by atoms with Gasteiger partial charge in [-0.05, 0) is 32.8 Å². The summed E-state index contributed by atoms with van der Waals surface area (Å²) in [4.78, 5) is 15.3. The Morgan fingerprint density at radius 2 is 2.14 bits per heavy atom. The molecule has 1 rings (SSSR count). The summed E-state index contributed by atoms with van der Waals surface area (Å²) in [6, 6.07) is 1.89. The predicted octanol–water partition coefficient (Wildman–Crippen LogP) is 0.633. The summed E-state index contributed by atoms with van der Waals surface area (Å²) in [5.74, 6) is 0. The number of nitrogens with zero attached hydrogens (tertiary/aromatic N) is 2. The quantitative estimate of drug-likeness (QED) is 0.719. The molecule has 78 valence electrons. The third-order valence-electron chi connectivity index (χ3n) is 2.14. The van der Waals surface area contributed by atoms with Gasteiger partial charge in [-0.2, -0.15) is 4.98 Å². The average Bonchev–Trinajstić information content (AvgIpc) is 2.09. The first kappa shape index (κ1) is 10.9. The second-order valence-electron chi connectivity index (χ2n) is 3.40. The molecule has 0 aliphatic carbocycles. The number of aliphatic hydroxyl groups is 1. The monoisotopic (exact) mass is 196 g/mol. The van der Waals surface area contributed by atoms with Crippen molar-refractivity contribution in [3.8, 4) is 0 Å². The highest BCUT2D eigenvalue weighted by molar-refractivity contribution is 5.06. The lowest BCUT2D eigenvalue weighted by molar-refractivity contribution is 0.280. The molecule has 1 N–H and O–H groups in total. The van der Waals surface area contributed by atoms with E-state index in [0.717, 1.165) is 24.2 Å². The van der Waals surface area contributed by atoms with Gasteiger partial charge < -0.3 is 5.11 Å². The minimum Gasteiger partial charge on any atom is -0.396 e. The molecule has 0 radical (unpaired) electrons. The highest BCUT2D eigenvalue weighted by atomic mass is 16.2. The van der Waals surface area contributed by atoms with Crippen LogP contribution in [0.3, 0.4) is 0 Å². The van der Waals surface area contributed by atoms with Gasteiger partial charge in [0.05, 0.1) is 0 Å². The topological polar surface area (TPSA) is 55.1 Å². The van der Waals surface area contributed by atoms with Crippen LogP contribution < -0.4 is 5.69 Å².